The number of aliphatic hydroxyl groups excluding tert-OH is 4. The third-order valence-corrected chi connectivity index (χ3v) is 18.8. The number of anilines is 2. The second-order valence-corrected chi connectivity index (χ2v) is 25.3. The maximum absolute atomic E-state index is 16.3. The summed E-state index contributed by atoms with van der Waals surface area (Å²) in [6, 6.07) is 47.6. The van der Waals surface area contributed by atoms with Crippen molar-refractivity contribution in [2.45, 2.75) is 51.4 Å². The second-order valence-electron chi connectivity index (χ2n) is 23.3. The number of hydrogen-bond donors (Lipinski definition) is 4. The first-order chi connectivity index (χ1) is 46.7. The van der Waals surface area contributed by atoms with Crippen LogP contribution in [0.4, 0.5) is 11.4 Å². The van der Waals surface area contributed by atoms with Gasteiger partial charge in [0.15, 0.2) is 0 Å². The molecule has 0 radical (unpaired) electrons. The van der Waals surface area contributed by atoms with Crippen LogP contribution in [0.3, 0.4) is 0 Å². The van der Waals surface area contributed by atoms with E-state index < -0.39 is 47.5 Å². The predicted molar refractivity (Wildman–Crippen MR) is 372 cm³/mol. The summed E-state index contributed by atoms with van der Waals surface area (Å²) in [6.07, 6.45) is 3.83. The Morgan fingerprint density at radius 1 is 0.375 bits per heavy atom. The van der Waals surface area contributed by atoms with Crippen molar-refractivity contribution in [2.75, 3.05) is 47.9 Å². The van der Waals surface area contributed by atoms with Crippen LogP contribution >= 0.6 is 23.5 Å². The van der Waals surface area contributed by atoms with Gasteiger partial charge >= 0.3 is 0 Å². The van der Waals surface area contributed by atoms with Crippen LogP contribution < -0.4 is 28.7 Å². The van der Waals surface area contributed by atoms with E-state index in [-0.39, 0.29) is 151 Å². The summed E-state index contributed by atoms with van der Waals surface area (Å²) in [4.78, 5) is 100. The lowest BCUT2D eigenvalue weighted by Gasteiger charge is -2.37. The van der Waals surface area contributed by atoms with E-state index in [0.29, 0.717) is 45.1 Å². The summed E-state index contributed by atoms with van der Waals surface area (Å²) in [6.45, 7) is -1.52. The molecule has 13 rings (SSSR count). The number of amides is 6. The Balaban J connectivity index is 1.21. The van der Waals surface area contributed by atoms with Crippen molar-refractivity contribution < 1.29 is 68.1 Å². The monoisotopic (exact) mass is 1320 g/mol. The lowest BCUT2D eigenvalue weighted by Crippen LogP contribution is -2.54. The fourth-order valence-electron chi connectivity index (χ4n) is 13.0. The Morgan fingerprint density at radius 2 is 0.646 bits per heavy atom. The summed E-state index contributed by atoms with van der Waals surface area (Å²) in [5.74, 6) is -3.08. The molecule has 0 saturated heterocycles. The molecule has 4 N–H and O–H groups in total. The predicted octanol–water partition coefficient (Wildman–Crippen LogP) is 13.6. The number of benzene rings is 11. The SMILES string of the molecule is CSCCC(C(=O)N(C)c1ccccc1)N1C(=O)c2cc(Oc3cccc(CO)c3)c3c4c(Oc5cccc(CO)c5)cc5c6c(cc(Oc7cccc(CO)c7)c(c7c(Oc8cccc(CO)c8)cc(c2c37)C1=O)c64)C(=O)N(C(CCSC)C(=O)N(C)c1ccccc1)C5=O. The molecule has 2 unspecified atom stereocenters. The minimum Gasteiger partial charge on any atom is -0.457 e. The number of fused-ring (bicyclic) bond motifs is 2. The molecule has 0 aromatic heterocycles. The Labute approximate surface area is 560 Å². The van der Waals surface area contributed by atoms with Gasteiger partial charge in [-0.2, -0.15) is 23.5 Å². The Morgan fingerprint density at radius 3 is 0.896 bits per heavy atom. The molecular formula is C76H64N4O14S2. The molecule has 6 amide bonds. The van der Waals surface area contributed by atoms with E-state index in [2.05, 4.69) is 0 Å². The average Bonchev–Trinajstić information content (AvgIpc) is 0.672. The van der Waals surface area contributed by atoms with Crippen LogP contribution in [0.2, 0.25) is 0 Å². The number of rotatable bonds is 24. The molecule has 20 heteroatoms. The van der Waals surface area contributed by atoms with Gasteiger partial charge in [-0.05, 0) is 156 Å². The van der Waals surface area contributed by atoms with Crippen LogP contribution in [-0.4, -0.2) is 116 Å². The van der Waals surface area contributed by atoms with Crippen LogP contribution in [0.15, 0.2) is 182 Å². The van der Waals surface area contributed by atoms with Gasteiger partial charge in [-0.25, -0.2) is 0 Å². The summed E-state index contributed by atoms with van der Waals surface area (Å²) >= 11 is 2.87. The van der Waals surface area contributed by atoms with Crippen LogP contribution in [0.1, 0.15) is 76.5 Å². The van der Waals surface area contributed by atoms with Crippen molar-refractivity contribution in [2.24, 2.45) is 0 Å². The second kappa shape index (κ2) is 27.2. The summed E-state index contributed by atoms with van der Waals surface area (Å²) < 4.78 is 28.5. The first-order valence-electron chi connectivity index (χ1n) is 30.9. The highest BCUT2D eigenvalue weighted by molar-refractivity contribution is 7.98. The average molecular weight is 1320 g/mol. The largest absolute Gasteiger partial charge is 0.457 e. The van der Waals surface area contributed by atoms with Crippen molar-refractivity contribution in [3.8, 4) is 46.0 Å². The molecule has 2 aliphatic rings. The van der Waals surface area contributed by atoms with E-state index in [9.17, 15) is 20.4 Å². The van der Waals surface area contributed by atoms with Gasteiger partial charge in [-0.1, -0.05) is 84.9 Å². The molecule has 2 atom stereocenters. The molecule has 0 bridgehead atoms. The van der Waals surface area contributed by atoms with Gasteiger partial charge in [0.25, 0.3) is 23.6 Å². The van der Waals surface area contributed by atoms with Crippen LogP contribution in [0.25, 0.3) is 43.1 Å². The fourth-order valence-corrected chi connectivity index (χ4v) is 13.9. The molecule has 96 heavy (non-hydrogen) atoms. The van der Waals surface area contributed by atoms with E-state index in [0.717, 1.165) is 9.80 Å². The van der Waals surface area contributed by atoms with Crippen LogP contribution in [0, 0.1) is 0 Å². The number of carbonyl (C=O) groups is 6. The maximum Gasteiger partial charge on any atom is 0.262 e. The molecule has 0 saturated carbocycles. The van der Waals surface area contributed by atoms with Crippen molar-refractivity contribution in [1.82, 2.24) is 9.80 Å². The first-order valence-corrected chi connectivity index (χ1v) is 33.7. The molecule has 2 heterocycles. The highest BCUT2D eigenvalue weighted by Gasteiger charge is 2.47. The first kappa shape index (κ1) is 64.4. The summed E-state index contributed by atoms with van der Waals surface area (Å²) in [7, 11) is 3.17. The summed E-state index contributed by atoms with van der Waals surface area (Å²) in [5.41, 5.74) is 2.63. The number of ether oxygens (including phenoxy) is 4. The molecule has 0 aliphatic carbocycles. The third-order valence-electron chi connectivity index (χ3n) is 17.5. The zero-order valence-corrected chi connectivity index (χ0v) is 54.2. The number of thioether (sulfide) groups is 2. The Kier molecular flexibility index (Phi) is 18.2. The highest BCUT2D eigenvalue weighted by Crippen LogP contribution is 2.58. The van der Waals surface area contributed by atoms with E-state index in [1.165, 1.54) is 57.6 Å². The molecule has 18 nitrogen and oxygen atoms in total. The lowest BCUT2D eigenvalue weighted by molar-refractivity contribution is -0.122. The van der Waals surface area contributed by atoms with Crippen molar-refractivity contribution in [3.63, 3.8) is 0 Å². The molecule has 2 aliphatic heterocycles. The molecule has 11 aromatic carbocycles. The number of imide groups is 2. The number of para-hydroxylation sites is 2. The molecule has 0 fully saturated rings. The Bertz CT molecular complexity index is 4380. The van der Waals surface area contributed by atoms with Gasteiger partial charge in [-0.15, -0.1) is 0 Å². The van der Waals surface area contributed by atoms with Crippen molar-refractivity contribution >= 4 is 113 Å². The van der Waals surface area contributed by atoms with Crippen LogP contribution in [-0.2, 0) is 36.0 Å². The van der Waals surface area contributed by atoms with E-state index in [4.69, 9.17) is 18.9 Å². The molecule has 484 valence electrons. The topological polar surface area (TPSA) is 233 Å². The van der Waals surface area contributed by atoms with Crippen LogP contribution in [0.5, 0.6) is 46.0 Å². The maximum atomic E-state index is 16.3. The quantitative estimate of drug-likeness (QED) is 0.0250. The van der Waals surface area contributed by atoms with Gasteiger partial charge in [-0.3, -0.25) is 38.6 Å². The van der Waals surface area contributed by atoms with E-state index in [1.54, 1.807) is 160 Å². The number of aliphatic hydroxyl groups is 4. The number of hydrogen-bond acceptors (Lipinski definition) is 16. The molecule has 11 aromatic rings. The third kappa shape index (κ3) is 11.6. The minimum absolute atomic E-state index is 0.0320. The minimum atomic E-state index is -1.36. The number of nitrogens with zero attached hydrogens (tertiary/aromatic N) is 4. The zero-order chi connectivity index (χ0) is 67.1. The number of carbonyl (C=O) groups excluding carboxylic acids is 6. The van der Waals surface area contributed by atoms with Crippen molar-refractivity contribution in [1.29, 1.82) is 0 Å². The lowest BCUT2D eigenvalue weighted by atomic mass is 9.80. The van der Waals surface area contributed by atoms with Gasteiger partial charge in [0, 0.05) is 68.6 Å². The van der Waals surface area contributed by atoms with Gasteiger partial charge in [0.05, 0.1) is 48.7 Å². The fraction of sp³-hybridized carbons (Fsp3) is 0.184. The summed E-state index contributed by atoms with van der Waals surface area (Å²) in [5, 5.41) is 43.4. The highest BCUT2D eigenvalue weighted by atomic mass is 32.2. The van der Waals surface area contributed by atoms with E-state index >= 15 is 28.8 Å². The van der Waals surface area contributed by atoms with E-state index in [1.807, 2.05) is 24.6 Å². The Hall–Kier alpha value is -10.3. The van der Waals surface area contributed by atoms with Crippen molar-refractivity contribution in [3.05, 3.63) is 226 Å². The normalized spacial score (nSPS) is 13.5. The number of likely N-dealkylation sites (N-methyl/N-ethyl adjacent to an activating group) is 2. The smallest absolute Gasteiger partial charge is 0.262 e. The standard InChI is InChI=1S/C76H64N4O14S2/c1-77(47-19-7-5-8-20-47)75(89)57(27-29-95-3)79-71(85)53-35-59(91-49-23-11-15-43(31-49)39-81)65-67-61(93-51-25-13-17-45(33-51)41-83)37-55-64-56(74(88)80(73(55)87)58(28-30-96-4)76(90)78(2)48-21-9-6-10-22-48)38-62(94-52-26-14-18-46(34-52)42-84)68(70(64)67)66-60(36-54(72(79)86)63(53)69(65)66)92-50-24-12-16-44(32-50)40-82/h5-26,31-38,57-58,81-84H,27-30,39-42H2,1-4H3. The molecular weight excluding hydrogens is 1260 g/mol. The van der Waals surface area contributed by atoms with Gasteiger partial charge < -0.3 is 49.2 Å². The zero-order valence-electron chi connectivity index (χ0n) is 52.6. The van der Waals surface area contributed by atoms with Gasteiger partial charge in [0.1, 0.15) is 58.1 Å². The van der Waals surface area contributed by atoms with Gasteiger partial charge in [0.2, 0.25) is 11.8 Å². The molecule has 0 spiro atoms.